The third-order valence-corrected chi connectivity index (χ3v) is 4.65. The molecule has 7 nitrogen and oxygen atoms in total. The van der Waals surface area contributed by atoms with E-state index in [-0.39, 0.29) is 11.7 Å². The van der Waals surface area contributed by atoms with Crippen molar-refractivity contribution in [3.05, 3.63) is 0 Å². The normalized spacial score (nSPS) is 27.3. The molecule has 120 valence electrons. The molecule has 0 aliphatic carbocycles. The van der Waals surface area contributed by atoms with Crippen LogP contribution in [0.1, 0.15) is 25.7 Å². The minimum absolute atomic E-state index is 0.0101. The topological polar surface area (TPSA) is 100 Å². The average Bonchev–Trinajstić information content (AvgIpc) is 2.52. The van der Waals surface area contributed by atoms with E-state index < -0.39 is 5.41 Å². The van der Waals surface area contributed by atoms with Crippen molar-refractivity contribution in [1.29, 1.82) is 0 Å². The van der Waals surface area contributed by atoms with E-state index in [1.165, 1.54) is 0 Å². The molecule has 2 aliphatic heterocycles. The Labute approximate surface area is 125 Å². The molecule has 0 saturated carbocycles. The number of amidine groups is 1. The first-order chi connectivity index (χ1) is 10.1. The summed E-state index contributed by atoms with van der Waals surface area (Å²) in [6.07, 6.45) is 3.21. The fourth-order valence-electron chi connectivity index (χ4n) is 3.26. The first kappa shape index (κ1) is 16.0. The second-order valence-corrected chi connectivity index (χ2v) is 6.16. The Balaban J connectivity index is 1.95. The second-order valence-electron chi connectivity index (χ2n) is 6.16. The molecule has 2 rings (SSSR count). The van der Waals surface area contributed by atoms with Gasteiger partial charge in [-0.1, -0.05) is 5.16 Å². The molecule has 2 saturated heterocycles. The van der Waals surface area contributed by atoms with Crippen LogP contribution in [0, 0.1) is 11.3 Å². The van der Waals surface area contributed by atoms with E-state index in [2.05, 4.69) is 22.4 Å². The largest absolute Gasteiger partial charge is 0.409 e. The predicted octanol–water partition coefficient (Wildman–Crippen LogP) is -0.0124. The zero-order valence-corrected chi connectivity index (χ0v) is 12.7. The van der Waals surface area contributed by atoms with Crippen molar-refractivity contribution in [3.8, 4) is 0 Å². The van der Waals surface area contributed by atoms with E-state index in [0.717, 1.165) is 25.9 Å². The molecule has 7 heteroatoms. The van der Waals surface area contributed by atoms with Crippen LogP contribution in [-0.2, 0) is 9.53 Å². The molecular formula is C14H26N4O3. The highest BCUT2D eigenvalue weighted by molar-refractivity contribution is 6.06. The third-order valence-electron chi connectivity index (χ3n) is 4.65. The maximum Gasteiger partial charge on any atom is 0.234 e. The number of ether oxygens (including phenoxy) is 1. The summed E-state index contributed by atoms with van der Waals surface area (Å²) in [6.45, 7) is 3.67. The highest BCUT2D eigenvalue weighted by Gasteiger charge is 2.44. The number of hydrogen-bond acceptors (Lipinski definition) is 5. The monoisotopic (exact) mass is 298 g/mol. The number of piperidine rings is 1. The zero-order chi connectivity index (χ0) is 15.3. The maximum atomic E-state index is 12.6. The molecule has 21 heavy (non-hydrogen) atoms. The van der Waals surface area contributed by atoms with Crippen molar-refractivity contribution in [2.24, 2.45) is 22.2 Å². The molecule has 2 heterocycles. The van der Waals surface area contributed by atoms with Gasteiger partial charge in [0.25, 0.3) is 0 Å². The van der Waals surface area contributed by atoms with Gasteiger partial charge in [0.1, 0.15) is 5.41 Å². The molecule has 0 bridgehead atoms. The predicted molar refractivity (Wildman–Crippen MR) is 79.1 cm³/mol. The number of hydrogen-bond donors (Lipinski definition) is 3. The summed E-state index contributed by atoms with van der Waals surface area (Å²) in [5.41, 5.74) is 4.87. The van der Waals surface area contributed by atoms with Crippen LogP contribution in [0.4, 0.5) is 0 Å². The van der Waals surface area contributed by atoms with Gasteiger partial charge >= 0.3 is 0 Å². The second kappa shape index (κ2) is 7.09. The summed E-state index contributed by atoms with van der Waals surface area (Å²) in [7, 11) is 2.10. The first-order valence-electron chi connectivity index (χ1n) is 7.61. The fourth-order valence-corrected chi connectivity index (χ4v) is 3.26. The number of carbonyl (C=O) groups excluding carboxylic acids is 1. The van der Waals surface area contributed by atoms with Gasteiger partial charge in [-0.15, -0.1) is 0 Å². The summed E-state index contributed by atoms with van der Waals surface area (Å²) < 4.78 is 5.30. The quantitative estimate of drug-likeness (QED) is 0.293. The van der Waals surface area contributed by atoms with Crippen molar-refractivity contribution >= 4 is 11.7 Å². The summed E-state index contributed by atoms with van der Waals surface area (Å²) in [6, 6.07) is 0. The van der Waals surface area contributed by atoms with Gasteiger partial charge in [-0.2, -0.15) is 0 Å². The lowest BCUT2D eigenvalue weighted by atomic mass is 9.78. The Morgan fingerprint density at radius 1 is 1.52 bits per heavy atom. The van der Waals surface area contributed by atoms with Gasteiger partial charge in [-0.25, -0.2) is 0 Å². The Kier molecular flexibility index (Phi) is 5.41. The standard InChI is InChI=1S/C14H26N4O3/c1-18-6-2-3-11(10-18)9-16-13(19)14(12(15)17-20)4-7-21-8-5-14/h11,20H,2-10H2,1H3,(H2,15,17)(H,16,19). The van der Waals surface area contributed by atoms with Crippen molar-refractivity contribution in [2.45, 2.75) is 25.7 Å². The molecule has 0 aromatic rings. The van der Waals surface area contributed by atoms with Crippen molar-refractivity contribution in [2.75, 3.05) is 39.9 Å². The molecule has 0 aromatic heterocycles. The van der Waals surface area contributed by atoms with Gasteiger partial charge in [0, 0.05) is 26.3 Å². The Morgan fingerprint density at radius 2 is 2.24 bits per heavy atom. The lowest BCUT2D eigenvalue weighted by Crippen LogP contribution is -2.54. The van der Waals surface area contributed by atoms with Crippen LogP contribution >= 0.6 is 0 Å². The highest BCUT2D eigenvalue weighted by atomic mass is 16.5. The van der Waals surface area contributed by atoms with E-state index in [1.54, 1.807) is 0 Å². The van der Waals surface area contributed by atoms with Crippen molar-refractivity contribution < 1.29 is 14.7 Å². The lowest BCUT2D eigenvalue weighted by Gasteiger charge is -2.35. The Bertz CT molecular complexity index is 394. The van der Waals surface area contributed by atoms with E-state index in [0.29, 0.717) is 38.5 Å². The molecule has 4 N–H and O–H groups in total. The van der Waals surface area contributed by atoms with E-state index in [4.69, 9.17) is 15.7 Å². The van der Waals surface area contributed by atoms with Crippen LogP contribution in [-0.4, -0.2) is 61.7 Å². The number of rotatable bonds is 4. The number of nitrogens with zero attached hydrogens (tertiary/aromatic N) is 2. The third kappa shape index (κ3) is 3.65. The van der Waals surface area contributed by atoms with Crippen LogP contribution in [0.5, 0.6) is 0 Å². The minimum Gasteiger partial charge on any atom is -0.409 e. The van der Waals surface area contributed by atoms with E-state index in [9.17, 15) is 4.79 Å². The summed E-state index contributed by atoms with van der Waals surface area (Å²) in [4.78, 5) is 14.9. The molecule has 0 spiro atoms. The summed E-state index contributed by atoms with van der Waals surface area (Å²) in [5.74, 6) is 0.315. The van der Waals surface area contributed by atoms with Crippen LogP contribution in [0.3, 0.4) is 0 Å². The lowest BCUT2D eigenvalue weighted by molar-refractivity contribution is -0.131. The summed E-state index contributed by atoms with van der Waals surface area (Å²) in [5, 5.41) is 15.1. The first-order valence-corrected chi connectivity index (χ1v) is 7.61. The molecule has 0 aromatic carbocycles. The van der Waals surface area contributed by atoms with Crippen LogP contribution in [0.25, 0.3) is 0 Å². The van der Waals surface area contributed by atoms with Crippen LogP contribution in [0.15, 0.2) is 5.16 Å². The smallest absolute Gasteiger partial charge is 0.234 e. The molecule has 1 atom stereocenters. The van der Waals surface area contributed by atoms with Crippen LogP contribution in [0.2, 0.25) is 0 Å². The minimum atomic E-state index is -0.923. The van der Waals surface area contributed by atoms with Gasteiger partial charge in [-0.3, -0.25) is 4.79 Å². The van der Waals surface area contributed by atoms with Gasteiger partial charge in [0.15, 0.2) is 5.84 Å². The van der Waals surface area contributed by atoms with Gasteiger partial charge in [0.2, 0.25) is 5.91 Å². The number of nitrogens with two attached hydrogens (primary N) is 1. The van der Waals surface area contributed by atoms with E-state index in [1.807, 2.05) is 0 Å². The molecule has 2 fully saturated rings. The van der Waals surface area contributed by atoms with E-state index >= 15 is 0 Å². The highest BCUT2D eigenvalue weighted by Crippen LogP contribution is 2.31. The molecular weight excluding hydrogens is 272 g/mol. The number of carbonyl (C=O) groups is 1. The molecule has 1 unspecified atom stereocenters. The number of oxime groups is 1. The summed E-state index contributed by atoms with van der Waals surface area (Å²) >= 11 is 0. The van der Waals surface area contributed by atoms with Crippen LogP contribution < -0.4 is 11.1 Å². The fraction of sp³-hybridized carbons (Fsp3) is 0.857. The molecule has 0 radical (unpaired) electrons. The molecule has 1 amide bonds. The number of nitrogens with one attached hydrogen (secondary N) is 1. The average molecular weight is 298 g/mol. The number of amides is 1. The Hall–Kier alpha value is -1.34. The zero-order valence-electron chi connectivity index (χ0n) is 12.7. The van der Waals surface area contributed by atoms with Gasteiger partial charge in [0.05, 0.1) is 0 Å². The van der Waals surface area contributed by atoms with Gasteiger partial charge < -0.3 is 25.9 Å². The van der Waals surface area contributed by atoms with Crippen molar-refractivity contribution in [1.82, 2.24) is 10.2 Å². The Morgan fingerprint density at radius 3 is 2.86 bits per heavy atom. The van der Waals surface area contributed by atoms with Gasteiger partial charge in [-0.05, 0) is 45.2 Å². The number of likely N-dealkylation sites (tertiary alicyclic amines) is 1. The SMILES string of the molecule is CN1CCCC(CNC(=O)C2(C(N)=NO)CCOCC2)C1. The maximum absolute atomic E-state index is 12.6. The van der Waals surface area contributed by atoms with Crippen molar-refractivity contribution in [3.63, 3.8) is 0 Å². The molecule has 2 aliphatic rings.